The lowest BCUT2D eigenvalue weighted by molar-refractivity contribution is -0.134. The summed E-state index contributed by atoms with van der Waals surface area (Å²) in [4.78, 5) is 14.6. The van der Waals surface area contributed by atoms with Crippen LogP contribution in [-0.2, 0) is 11.2 Å². The maximum absolute atomic E-state index is 12.8. The van der Waals surface area contributed by atoms with Crippen molar-refractivity contribution in [2.75, 3.05) is 6.54 Å². The number of oxime groups is 1. The van der Waals surface area contributed by atoms with E-state index in [1.807, 2.05) is 42.2 Å². The van der Waals surface area contributed by atoms with E-state index in [1.54, 1.807) is 0 Å². The molecule has 21 heavy (non-hydrogen) atoms. The Hall–Kier alpha value is -2.04. The Kier molecular flexibility index (Phi) is 4.83. The quantitative estimate of drug-likeness (QED) is 0.384. The molecule has 1 aromatic rings. The first-order valence-electron chi connectivity index (χ1n) is 7.34. The first-order valence-corrected chi connectivity index (χ1v) is 7.34. The summed E-state index contributed by atoms with van der Waals surface area (Å²) in [6, 6.07) is 9.86. The second-order valence-electron chi connectivity index (χ2n) is 5.95. The van der Waals surface area contributed by atoms with Crippen LogP contribution in [0.3, 0.4) is 0 Å². The molecular formula is C16H23N3O2. The van der Waals surface area contributed by atoms with Crippen LogP contribution in [0.2, 0.25) is 0 Å². The minimum atomic E-state index is -0.606. The van der Waals surface area contributed by atoms with Crippen molar-refractivity contribution in [1.82, 2.24) is 4.90 Å². The summed E-state index contributed by atoms with van der Waals surface area (Å²) in [5.74, 6) is -0.180. The fourth-order valence-electron chi connectivity index (χ4n) is 3.05. The Morgan fingerprint density at radius 3 is 2.62 bits per heavy atom. The van der Waals surface area contributed by atoms with E-state index in [4.69, 9.17) is 10.9 Å². The number of hydrogen-bond donors (Lipinski definition) is 2. The largest absolute Gasteiger partial charge is 0.409 e. The molecule has 0 aromatic heterocycles. The summed E-state index contributed by atoms with van der Waals surface area (Å²) >= 11 is 0. The monoisotopic (exact) mass is 289 g/mol. The Morgan fingerprint density at radius 1 is 1.43 bits per heavy atom. The fourth-order valence-corrected chi connectivity index (χ4v) is 3.05. The van der Waals surface area contributed by atoms with E-state index in [0.717, 1.165) is 18.5 Å². The topological polar surface area (TPSA) is 78.9 Å². The van der Waals surface area contributed by atoms with Crippen molar-refractivity contribution >= 4 is 11.7 Å². The van der Waals surface area contributed by atoms with E-state index in [-0.39, 0.29) is 17.8 Å². The van der Waals surface area contributed by atoms with Crippen LogP contribution in [0.1, 0.15) is 25.8 Å². The van der Waals surface area contributed by atoms with Gasteiger partial charge in [-0.15, -0.1) is 0 Å². The lowest BCUT2D eigenvalue weighted by Crippen LogP contribution is -2.44. The SMILES string of the molecule is CC1CC(C)N(C(=O)C(Cc2ccccc2)/C(N)=N/O)C1. The molecule has 0 saturated carbocycles. The van der Waals surface area contributed by atoms with Gasteiger partial charge >= 0.3 is 0 Å². The van der Waals surface area contributed by atoms with Crippen molar-refractivity contribution < 1.29 is 10.0 Å². The van der Waals surface area contributed by atoms with Crippen LogP contribution in [0, 0.1) is 11.8 Å². The molecule has 1 aliphatic heterocycles. The van der Waals surface area contributed by atoms with Crippen molar-refractivity contribution in [2.24, 2.45) is 22.7 Å². The van der Waals surface area contributed by atoms with Crippen LogP contribution in [0.25, 0.3) is 0 Å². The van der Waals surface area contributed by atoms with Crippen LogP contribution in [0.5, 0.6) is 0 Å². The van der Waals surface area contributed by atoms with Gasteiger partial charge in [-0.25, -0.2) is 0 Å². The third kappa shape index (κ3) is 3.54. The standard InChI is InChI=1S/C16H23N3O2/c1-11-8-12(2)19(10-11)16(20)14(15(17)18-21)9-13-6-4-3-5-7-13/h3-7,11-12,14,21H,8-10H2,1-2H3,(H2,17,18). The zero-order valence-corrected chi connectivity index (χ0v) is 12.6. The molecule has 1 amide bonds. The van der Waals surface area contributed by atoms with Gasteiger partial charge in [-0.1, -0.05) is 42.4 Å². The maximum Gasteiger partial charge on any atom is 0.233 e. The van der Waals surface area contributed by atoms with Crippen molar-refractivity contribution in [3.63, 3.8) is 0 Å². The van der Waals surface area contributed by atoms with Gasteiger partial charge in [0.15, 0.2) is 5.84 Å². The molecule has 3 N–H and O–H groups in total. The zero-order chi connectivity index (χ0) is 15.4. The number of nitrogens with two attached hydrogens (primary N) is 1. The van der Waals surface area contributed by atoms with Crippen LogP contribution in [-0.4, -0.2) is 34.4 Å². The highest BCUT2D eigenvalue weighted by molar-refractivity contribution is 6.02. The number of hydrogen-bond acceptors (Lipinski definition) is 3. The van der Waals surface area contributed by atoms with E-state index in [1.165, 1.54) is 0 Å². The van der Waals surface area contributed by atoms with Gasteiger partial charge in [0.05, 0.1) is 0 Å². The summed E-state index contributed by atoms with van der Waals surface area (Å²) in [7, 11) is 0. The van der Waals surface area contributed by atoms with E-state index in [0.29, 0.717) is 12.3 Å². The highest BCUT2D eigenvalue weighted by Gasteiger charge is 2.35. The van der Waals surface area contributed by atoms with Crippen LogP contribution < -0.4 is 5.73 Å². The van der Waals surface area contributed by atoms with Gasteiger partial charge in [-0.05, 0) is 31.2 Å². The average Bonchev–Trinajstić information content (AvgIpc) is 2.83. The molecule has 1 heterocycles. The smallest absolute Gasteiger partial charge is 0.233 e. The molecule has 0 spiro atoms. The van der Waals surface area contributed by atoms with Gasteiger partial charge in [0.2, 0.25) is 5.91 Å². The molecule has 0 radical (unpaired) electrons. The molecule has 114 valence electrons. The molecule has 1 fully saturated rings. The van der Waals surface area contributed by atoms with Crippen LogP contribution in [0.15, 0.2) is 35.5 Å². The second kappa shape index (κ2) is 6.61. The van der Waals surface area contributed by atoms with E-state index < -0.39 is 5.92 Å². The molecule has 1 saturated heterocycles. The van der Waals surface area contributed by atoms with Crippen molar-refractivity contribution in [1.29, 1.82) is 0 Å². The van der Waals surface area contributed by atoms with Crippen molar-refractivity contribution in [3.05, 3.63) is 35.9 Å². The fraction of sp³-hybridized carbons (Fsp3) is 0.500. The third-order valence-electron chi connectivity index (χ3n) is 4.12. The Labute approximate surface area is 125 Å². The molecule has 0 bridgehead atoms. The Morgan fingerprint density at radius 2 is 2.10 bits per heavy atom. The van der Waals surface area contributed by atoms with Gasteiger partial charge < -0.3 is 15.8 Å². The van der Waals surface area contributed by atoms with E-state index in [9.17, 15) is 4.79 Å². The van der Waals surface area contributed by atoms with E-state index >= 15 is 0 Å². The summed E-state index contributed by atoms with van der Waals surface area (Å²) < 4.78 is 0. The summed E-state index contributed by atoms with van der Waals surface area (Å²) in [6.45, 7) is 4.93. The van der Waals surface area contributed by atoms with Crippen LogP contribution in [0.4, 0.5) is 0 Å². The highest BCUT2D eigenvalue weighted by Crippen LogP contribution is 2.25. The highest BCUT2D eigenvalue weighted by atomic mass is 16.4. The minimum absolute atomic E-state index is 0.0180. The zero-order valence-electron chi connectivity index (χ0n) is 12.6. The maximum atomic E-state index is 12.8. The number of likely N-dealkylation sites (tertiary alicyclic amines) is 1. The Balaban J connectivity index is 2.18. The van der Waals surface area contributed by atoms with Gasteiger partial charge in [0.25, 0.3) is 0 Å². The molecule has 5 heteroatoms. The summed E-state index contributed by atoms with van der Waals surface area (Å²) in [5.41, 5.74) is 6.77. The molecule has 1 aromatic carbocycles. The van der Waals surface area contributed by atoms with Crippen LogP contribution >= 0.6 is 0 Å². The lowest BCUT2D eigenvalue weighted by atomic mass is 9.96. The molecule has 3 unspecified atom stereocenters. The third-order valence-corrected chi connectivity index (χ3v) is 4.12. The molecule has 1 aliphatic rings. The number of amides is 1. The normalized spacial score (nSPS) is 24.1. The lowest BCUT2D eigenvalue weighted by Gasteiger charge is -2.26. The van der Waals surface area contributed by atoms with Gasteiger partial charge in [0.1, 0.15) is 5.92 Å². The first kappa shape index (κ1) is 15.4. The molecular weight excluding hydrogens is 266 g/mol. The molecule has 3 atom stereocenters. The van der Waals surface area contributed by atoms with Crippen molar-refractivity contribution in [3.8, 4) is 0 Å². The predicted molar refractivity (Wildman–Crippen MR) is 82.0 cm³/mol. The van der Waals surface area contributed by atoms with Crippen molar-refractivity contribution in [2.45, 2.75) is 32.7 Å². The van der Waals surface area contributed by atoms with E-state index in [2.05, 4.69) is 12.1 Å². The predicted octanol–water partition coefficient (Wildman–Crippen LogP) is 1.85. The molecule has 2 rings (SSSR count). The number of amidine groups is 1. The minimum Gasteiger partial charge on any atom is -0.409 e. The summed E-state index contributed by atoms with van der Waals surface area (Å²) in [5, 5.41) is 12.1. The Bertz CT molecular complexity index is 516. The van der Waals surface area contributed by atoms with Gasteiger partial charge in [-0.3, -0.25) is 4.79 Å². The molecule has 0 aliphatic carbocycles. The number of carbonyl (C=O) groups excluding carboxylic acids is 1. The number of benzene rings is 1. The number of rotatable bonds is 4. The average molecular weight is 289 g/mol. The van der Waals surface area contributed by atoms with Gasteiger partial charge in [-0.2, -0.15) is 0 Å². The first-order chi connectivity index (χ1) is 10.0. The number of nitrogens with zero attached hydrogens (tertiary/aromatic N) is 2. The summed E-state index contributed by atoms with van der Waals surface area (Å²) in [6.07, 6.45) is 1.45. The number of carbonyl (C=O) groups is 1. The molecule has 5 nitrogen and oxygen atoms in total. The van der Waals surface area contributed by atoms with Gasteiger partial charge in [0, 0.05) is 12.6 Å². The second-order valence-corrected chi connectivity index (χ2v) is 5.95.